The summed E-state index contributed by atoms with van der Waals surface area (Å²) in [5, 5.41) is 14.5. The molecule has 0 aromatic heterocycles. The molecule has 35 heavy (non-hydrogen) atoms. The van der Waals surface area contributed by atoms with Gasteiger partial charge in [0.1, 0.15) is 12.6 Å². The summed E-state index contributed by atoms with van der Waals surface area (Å²) >= 11 is 1.51. The van der Waals surface area contributed by atoms with Gasteiger partial charge in [0.25, 0.3) is 0 Å². The first-order chi connectivity index (χ1) is 16.9. The van der Waals surface area contributed by atoms with Gasteiger partial charge in [-0.15, -0.1) is 0 Å². The molecule has 2 atom stereocenters. The zero-order valence-electron chi connectivity index (χ0n) is 20.0. The summed E-state index contributed by atoms with van der Waals surface area (Å²) in [7, 11) is 0. The Morgan fingerprint density at radius 1 is 1.06 bits per heavy atom. The smallest absolute Gasteiger partial charge is 0.407 e. The predicted octanol–water partition coefficient (Wildman–Crippen LogP) is 3.64. The van der Waals surface area contributed by atoms with E-state index in [1.54, 1.807) is 6.92 Å². The van der Waals surface area contributed by atoms with Crippen molar-refractivity contribution in [1.82, 2.24) is 10.6 Å². The quantitative estimate of drug-likeness (QED) is 0.385. The average molecular weight is 501 g/mol. The number of alkyl carbamates (subject to hydrolysis) is 1. The van der Waals surface area contributed by atoms with Gasteiger partial charge in [-0.2, -0.15) is 11.8 Å². The summed E-state index contributed by atoms with van der Waals surface area (Å²) in [6.45, 7) is 2.39. The monoisotopic (exact) mass is 500 g/mol. The highest BCUT2D eigenvalue weighted by Crippen LogP contribution is 2.44. The normalized spacial score (nSPS) is 13.9. The summed E-state index contributed by atoms with van der Waals surface area (Å²) in [5.41, 5.74) is 4.55. The molecule has 1 aliphatic carbocycles. The van der Waals surface area contributed by atoms with E-state index in [0.717, 1.165) is 22.3 Å². The van der Waals surface area contributed by atoms with Gasteiger partial charge in [0.05, 0.1) is 12.5 Å². The molecule has 8 nitrogen and oxygen atoms in total. The molecule has 0 radical (unpaired) electrons. The molecule has 0 fully saturated rings. The first-order valence-electron chi connectivity index (χ1n) is 11.7. The van der Waals surface area contributed by atoms with E-state index in [0.29, 0.717) is 18.8 Å². The van der Waals surface area contributed by atoms with E-state index in [-0.39, 0.29) is 25.5 Å². The molecule has 0 heterocycles. The van der Waals surface area contributed by atoms with Crippen molar-refractivity contribution < 1.29 is 29.0 Å². The van der Waals surface area contributed by atoms with Gasteiger partial charge in [-0.25, -0.2) is 9.59 Å². The fourth-order valence-electron chi connectivity index (χ4n) is 4.23. The predicted molar refractivity (Wildman–Crippen MR) is 136 cm³/mol. The first kappa shape index (κ1) is 26.6. The van der Waals surface area contributed by atoms with Crippen LogP contribution in [0.5, 0.6) is 0 Å². The molecule has 1 unspecified atom stereocenters. The Morgan fingerprint density at radius 2 is 1.69 bits per heavy atom. The minimum atomic E-state index is -1.07. The van der Waals surface area contributed by atoms with Crippen LogP contribution in [0.3, 0.4) is 0 Å². The number of carboxylic acid groups (broad SMARTS) is 1. The number of amides is 2. The zero-order chi connectivity index (χ0) is 25.2. The number of rotatable bonds is 13. The van der Waals surface area contributed by atoms with Crippen LogP contribution in [0.4, 0.5) is 4.79 Å². The zero-order valence-corrected chi connectivity index (χ0v) is 20.8. The molecule has 188 valence electrons. The fraction of sp³-hybridized carbons (Fsp3) is 0.423. The number of hydrogen-bond acceptors (Lipinski definition) is 6. The summed E-state index contributed by atoms with van der Waals surface area (Å²) < 4.78 is 11.1. The highest BCUT2D eigenvalue weighted by Gasteiger charge is 2.29. The maximum absolute atomic E-state index is 12.4. The molecule has 9 heteroatoms. The van der Waals surface area contributed by atoms with Crippen LogP contribution in [-0.4, -0.2) is 67.0 Å². The van der Waals surface area contributed by atoms with Gasteiger partial charge in [0, 0.05) is 19.1 Å². The Hall–Kier alpha value is -3.04. The number of carbonyl (C=O) groups excluding carboxylic acids is 2. The number of hydrogen-bond donors (Lipinski definition) is 3. The Balaban J connectivity index is 1.51. The molecule has 2 aromatic rings. The summed E-state index contributed by atoms with van der Waals surface area (Å²) in [4.78, 5) is 36.2. The van der Waals surface area contributed by atoms with Crippen molar-refractivity contribution in [2.45, 2.75) is 37.8 Å². The third-order valence-corrected chi connectivity index (χ3v) is 6.52. The number of benzene rings is 2. The first-order valence-corrected chi connectivity index (χ1v) is 13.1. The topological polar surface area (TPSA) is 114 Å². The molecule has 0 aliphatic heterocycles. The van der Waals surface area contributed by atoms with Crippen LogP contribution in [0.1, 0.15) is 36.8 Å². The van der Waals surface area contributed by atoms with Crippen LogP contribution in [0.15, 0.2) is 48.5 Å². The second kappa shape index (κ2) is 13.2. The van der Waals surface area contributed by atoms with E-state index in [2.05, 4.69) is 34.9 Å². The van der Waals surface area contributed by atoms with Gasteiger partial charge in [-0.05, 0) is 47.6 Å². The van der Waals surface area contributed by atoms with Gasteiger partial charge in [0.2, 0.25) is 5.91 Å². The lowest BCUT2D eigenvalue weighted by Crippen LogP contribution is -2.44. The minimum Gasteiger partial charge on any atom is -0.480 e. The molecule has 1 aliphatic rings. The van der Waals surface area contributed by atoms with Gasteiger partial charge in [0.15, 0.2) is 0 Å². The Bertz CT molecular complexity index is 985. The molecule has 0 saturated carbocycles. The molecular weight excluding hydrogens is 468 g/mol. The van der Waals surface area contributed by atoms with Gasteiger partial charge < -0.3 is 25.2 Å². The molecule has 3 rings (SSSR count). The van der Waals surface area contributed by atoms with Crippen LogP contribution in [0.2, 0.25) is 0 Å². The lowest BCUT2D eigenvalue weighted by molar-refractivity contribution is -0.142. The SMILES string of the molecule is CCOC(CNC(=O)OCC1c2ccccc2-c2ccccc21)CC(=O)N[C@H](CCSC)C(=O)O. The van der Waals surface area contributed by atoms with Crippen LogP contribution >= 0.6 is 11.8 Å². The molecule has 2 amide bonds. The largest absolute Gasteiger partial charge is 0.480 e. The van der Waals surface area contributed by atoms with Crippen molar-refractivity contribution in [2.75, 3.05) is 31.8 Å². The Labute approximate surface area is 209 Å². The second-order valence-electron chi connectivity index (χ2n) is 8.23. The van der Waals surface area contributed by atoms with Crippen molar-refractivity contribution in [2.24, 2.45) is 0 Å². The average Bonchev–Trinajstić information content (AvgIpc) is 3.17. The van der Waals surface area contributed by atoms with E-state index in [1.165, 1.54) is 11.8 Å². The van der Waals surface area contributed by atoms with Gasteiger partial charge in [-0.1, -0.05) is 48.5 Å². The summed E-state index contributed by atoms with van der Waals surface area (Å²) in [6.07, 6.45) is 0.942. The second-order valence-corrected chi connectivity index (χ2v) is 9.21. The third-order valence-electron chi connectivity index (χ3n) is 5.88. The molecule has 0 spiro atoms. The van der Waals surface area contributed by atoms with E-state index < -0.39 is 30.1 Å². The van der Waals surface area contributed by atoms with E-state index in [4.69, 9.17) is 9.47 Å². The number of nitrogens with one attached hydrogen (secondary N) is 2. The van der Waals surface area contributed by atoms with Crippen molar-refractivity contribution in [1.29, 1.82) is 0 Å². The fourth-order valence-corrected chi connectivity index (χ4v) is 4.70. The van der Waals surface area contributed by atoms with Crippen LogP contribution in [0, 0.1) is 0 Å². The van der Waals surface area contributed by atoms with Crippen molar-refractivity contribution in [3.05, 3.63) is 59.7 Å². The van der Waals surface area contributed by atoms with E-state index >= 15 is 0 Å². The van der Waals surface area contributed by atoms with Crippen molar-refractivity contribution >= 4 is 29.7 Å². The lowest BCUT2D eigenvalue weighted by atomic mass is 9.98. The molecule has 0 bridgehead atoms. The highest BCUT2D eigenvalue weighted by atomic mass is 32.2. The maximum Gasteiger partial charge on any atom is 0.407 e. The number of carboxylic acids is 1. The number of aliphatic carboxylic acids is 1. The number of ether oxygens (including phenoxy) is 2. The minimum absolute atomic E-state index is 0.0455. The van der Waals surface area contributed by atoms with Crippen LogP contribution < -0.4 is 10.6 Å². The number of carbonyl (C=O) groups is 3. The summed E-state index contributed by atoms with van der Waals surface area (Å²) in [5.74, 6) is -0.936. The van der Waals surface area contributed by atoms with E-state index in [1.807, 2.05) is 30.5 Å². The maximum atomic E-state index is 12.4. The van der Waals surface area contributed by atoms with E-state index in [9.17, 15) is 19.5 Å². The lowest BCUT2D eigenvalue weighted by Gasteiger charge is -2.20. The van der Waals surface area contributed by atoms with Crippen molar-refractivity contribution in [3.8, 4) is 11.1 Å². The highest BCUT2D eigenvalue weighted by molar-refractivity contribution is 7.98. The van der Waals surface area contributed by atoms with Crippen LogP contribution in [0.25, 0.3) is 11.1 Å². The number of fused-ring (bicyclic) bond motifs is 3. The van der Waals surface area contributed by atoms with Crippen LogP contribution in [-0.2, 0) is 19.1 Å². The Morgan fingerprint density at radius 3 is 2.26 bits per heavy atom. The standard InChI is InChI=1S/C26H32N2O6S/c1-3-33-17(14-24(29)28-23(25(30)31)12-13-35-2)15-27-26(32)34-16-22-20-10-6-4-8-18(20)19-9-5-7-11-21(19)22/h4-11,17,22-23H,3,12-16H2,1-2H3,(H,27,32)(H,28,29)(H,30,31)/t17?,23-/m1/s1. The third kappa shape index (κ3) is 7.22. The van der Waals surface area contributed by atoms with Crippen molar-refractivity contribution in [3.63, 3.8) is 0 Å². The van der Waals surface area contributed by atoms with Gasteiger partial charge >= 0.3 is 12.1 Å². The molecule has 3 N–H and O–H groups in total. The Kier molecular flexibility index (Phi) is 9.98. The van der Waals surface area contributed by atoms with Gasteiger partial charge in [-0.3, -0.25) is 4.79 Å². The molecule has 2 aromatic carbocycles. The summed E-state index contributed by atoms with van der Waals surface area (Å²) in [6, 6.07) is 15.2. The molecular formula is C26H32N2O6S. The number of thioether (sulfide) groups is 1. The molecule has 0 saturated heterocycles.